The Morgan fingerprint density at radius 3 is 2.78 bits per heavy atom. The van der Waals surface area contributed by atoms with Gasteiger partial charge in [0.1, 0.15) is 11.2 Å². The van der Waals surface area contributed by atoms with Crippen molar-refractivity contribution in [2.24, 2.45) is 0 Å². The number of nitrogens with zero attached hydrogens (tertiary/aromatic N) is 2. The van der Waals surface area contributed by atoms with E-state index in [9.17, 15) is 0 Å². The maximum Gasteiger partial charge on any atom is 0.191 e. The van der Waals surface area contributed by atoms with Crippen LogP contribution in [-0.2, 0) is 10.8 Å². The fraction of sp³-hybridized carbons (Fsp3) is 0.615. The van der Waals surface area contributed by atoms with E-state index in [4.69, 9.17) is 4.43 Å². The zero-order chi connectivity index (χ0) is 13.4. The number of fused-ring (bicyclic) bond motifs is 1. The monoisotopic (exact) mass is 282 g/mol. The van der Waals surface area contributed by atoms with Gasteiger partial charge in [-0.15, -0.1) is 11.3 Å². The van der Waals surface area contributed by atoms with Gasteiger partial charge in [0.2, 0.25) is 0 Å². The van der Waals surface area contributed by atoms with Gasteiger partial charge in [0, 0.05) is 24.6 Å². The van der Waals surface area contributed by atoms with Gasteiger partial charge in [-0.05, 0) is 18.1 Å². The third-order valence-corrected chi connectivity index (χ3v) is 9.29. The molecule has 0 saturated heterocycles. The van der Waals surface area contributed by atoms with Crippen molar-refractivity contribution >= 4 is 24.5 Å². The third-order valence-electron chi connectivity index (χ3n) is 3.83. The molecule has 0 aliphatic carbocycles. The highest BCUT2D eigenvalue weighted by Gasteiger charge is 2.36. The van der Waals surface area contributed by atoms with E-state index in [1.807, 2.05) is 12.5 Å². The minimum absolute atomic E-state index is 0.277. The van der Waals surface area contributed by atoms with E-state index in [1.54, 1.807) is 11.3 Å². The van der Waals surface area contributed by atoms with Crippen molar-refractivity contribution in [2.75, 3.05) is 6.61 Å². The first-order valence-corrected chi connectivity index (χ1v) is 10.1. The summed E-state index contributed by atoms with van der Waals surface area (Å²) in [7, 11) is -1.62. The lowest BCUT2D eigenvalue weighted by molar-refractivity contribution is 0.291. The smallest absolute Gasteiger partial charge is 0.191 e. The molecule has 0 radical (unpaired) electrons. The summed E-state index contributed by atoms with van der Waals surface area (Å²) in [4.78, 5) is 5.69. The molecular formula is C13H22N2OSSi. The number of aromatic nitrogens is 2. The van der Waals surface area contributed by atoms with Crippen molar-refractivity contribution in [2.45, 2.75) is 45.3 Å². The molecular weight excluding hydrogens is 260 g/mol. The van der Waals surface area contributed by atoms with Crippen LogP contribution < -0.4 is 0 Å². The summed E-state index contributed by atoms with van der Waals surface area (Å²) in [6.07, 6.45) is 4.84. The molecule has 0 N–H and O–H groups in total. The fourth-order valence-corrected chi connectivity index (χ4v) is 3.46. The predicted molar refractivity (Wildman–Crippen MR) is 79.9 cm³/mol. The van der Waals surface area contributed by atoms with Crippen LogP contribution in [0.4, 0.5) is 0 Å². The van der Waals surface area contributed by atoms with E-state index >= 15 is 0 Å². The fourth-order valence-electron chi connectivity index (χ4n) is 1.57. The predicted octanol–water partition coefficient (Wildman–Crippen LogP) is 3.96. The van der Waals surface area contributed by atoms with E-state index < -0.39 is 8.32 Å². The molecule has 18 heavy (non-hydrogen) atoms. The average Bonchev–Trinajstić information content (AvgIpc) is 2.80. The van der Waals surface area contributed by atoms with Gasteiger partial charge in [-0.25, -0.2) is 4.98 Å². The van der Waals surface area contributed by atoms with Crippen molar-refractivity contribution in [1.29, 1.82) is 0 Å². The molecule has 3 nitrogen and oxygen atoms in total. The molecule has 0 unspecified atom stereocenters. The van der Waals surface area contributed by atoms with Crippen LogP contribution in [0.15, 0.2) is 17.9 Å². The molecule has 0 fully saturated rings. The molecule has 2 heterocycles. The molecule has 0 bridgehead atoms. The number of thiazole rings is 1. The summed E-state index contributed by atoms with van der Waals surface area (Å²) < 4.78 is 8.26. The largest absolute Gasteiger partial charge is 0.416 e. The first kappa shape index (κ1) is 13.8. The zero-order valence-corrected chi connectivity index (χ0v) is 13.7. The number of hydrogen-bond acceptors (Lipinski definition) is 3. The van der Waals surface area contributed by atoms with Crippen molar-refractivity contribution in [1.82, 2.24) is 9.38 Å². The van der Waals surface area contributed by atoms with Crippen molar-refractivity contribution in [3.8, 4) is 0 Å². The lowest BCUT2D eigenvalue weighted by atomic mass is 10.2. The number of hydrogen-bond donors (Lipinski definition) is 0. The van der Waals surface area contributed by atoms with Gasteiger partial charge in [-0.1, -0.05) is 20.8 Å². The van der Waals surface area contributed by atoms with Crippen LogP contribution in [0.5, 0.6) is 0 Å². The Bertz CT molecular complexity index is 524. The van der Waals surface area contributed by atoms with Crippen LogP contribution >= 0.6 is 11.3 Å². The molecule has 0 aliphatic heterocycles. The van der Waals surface area contributed by atoms with Crippen molar-refractivity contribution in [3.63, 3.8) is 0 Å². The molecule has 0 saturated carbocycles. The molecule has 2 aromatic rings. The summed E-state index contributed by atoms with van der Waals surface area (Å²) in [5.41, 5.74) is 1.16. The van der Waals surface area contributed by atoms with Gasteiger partial charge in [0.05, 0.1) is 5.69 Å². The van der Waals surface area contributed by atoms with Gasteiger partial charge >= 0.3 is 0 Å². The van der Waals surface area contributed by atoms with Crippen LogP contribution in [-0.4, -0.2) is 24.3 Å². The van der Waals surface area contributed by atoms with Crippen molar-refractivity contribution in [3.05, 3.63) is 23.6 Å². The van der Waals surface area contributed by atoms with Gasteiger partial charge in [-0.3, -0.25) is 4.40 Å². The third kappa shape index (κ3) is 2.68. The quantitative estimate of drug-likeness (QED) is 0.794. The topological polar surface area (TPSA) is 26.5 Å². The lowest BCUT2D eigenvalue weighted by Gasteiger charge is -2.36. The maximum atomic E-state index is 6.19. The Morgan fingerprint density at radius 1 is 1.39 bits per heavy atom. The SMILES string of the molecule is CC(C)(C)[Si](C)(C)OCCc1ncn2ccsc12. The lowest BCUT2D eigenvalue weighted by Crippen LogP contribution is -2.41. The number of imidazole rings is 1. The average molecular weight is 282 g/mol. The Morgan fingerprint density at radius 2 is 2.11 bits per heavy atom. The first-order valence-electron chi connectivity index (χ1n) is 6.34. The minimum atomic E-state index is -1.62. The Hall–Kier alpha value is -0.653. The highest BCUT2D eigenvalue weighted by Crippen LogP contribution is 2.36. The van der Waals surface area contributed by atoms with Crippen molar-refractivity contribution < 1.29 is 4.43 Å². The second-order valence-corrected chi connectivity index (χ2v) is 11.9. The van der Waals surface area contributed by atoms with Gasteiger partial charge in [-0.2, -0.15) is 0 Å². The van der Waals surface area contributed by atoms with E-state index in [0.29, 0.717) is 0 Å². The Balaban J connectivity index is 1.96. The van der Waals surface area contributed by atoms with Crippen LogP contribution in [0.2, 0.25) is 18.1 Å². The molecule has 0 aromatic carbocycles. The zero-order valence-electron chi connectivity index (χ0n) is 11.9. The van der Waals surface area contributed by atoms with E-state index in [2.05, 4.69) is 48.6 Å². The van der Waals surface area contributed by atoms with Gasteiger partial charge in [0.25, 0.3) is 0 Å². The van der Waals surface area contributed by atoms with Gasteiger partial charge in [0.15, 0.2) is 8.32 Å². The molecule has 0 aliphatic rings. The van der Waals surface area contributed by atoms with Crippen LogP contribution in [0, 0.1) is 0 Å². The Kier molecular flexibility index (Phi) is 3.67. The minimum Gasteiger partial charge on any atom is -0.416 e. The maximum absolute atomic E-state index is 6.19. The number of rotatable bonds is 4. The van der Waals surface area contributed by atoms with Crippen LogP contribution in [0.25, 0.3) is 4.83 Å². The standard InChI is InChI=1S/C13H22N2OSSi/c1-13(2,3)18(4,5)16-8-6-11-12-15(10-14-11)7-9-17-12/h7,9-10H,6,8H2,1-5H3. The molecule has 0 amide bonds. The molecule has 0 atom stereocenters. The normalized spacial score (nSPS) is 13.4. The summed E-state index contributed by atoms with van der Waals surface area (Å²) in [5, 5.41) is 2.37. The molecule has 5 heteroatoms. The first-order chi connectivity index (χ1) is 8.31. The molecule has 2 aromatic heterocycles. The summed E-state index contributed by atoms with van der Waals surface area (Å²) >= 11 is 1.74. The summed E-state index contributed by atoms with van der Waals surface area (Å²) in [5.74, 6) is 0. The molecule has 2 rings (SSSR count). The van der Waals surface area contributed by atoms with E-state index in [0.717, 1.165) is 18.7 Å². The second kappa shape index (κ2) is 4.79. The summed E-state index contributed by atoms with van der Waals surface area (Å²) in [6.45, 7) is 12.2. The second-order valence-electron chi connectivity index (χ2n) is 6.17. The Labute approximate surface area is 114 Å². The van der Waals surface area contributed by atoms with Crippen LogP contribution in [0.3, 0.4) is 0 Å². The highest BCUT2D eigenvalue weighted by molar-refractivity contribution is 7.15. The summed E-state index contributed by atoms with van der Waals surface area (Å²) in [6, 6.07) is 0. The van der Waals surface area contributed by atoms with Crippen LogP contribution in [0.1, 0.15) is 26.5 Å². The molecule has 0 spiro atoms. The van der Waals surface area contributed by atoms with Gasteiger partial charge < -0.3 is 4.43 Å². The molecule has 100 valence electrons. The van der Waals surface area contributed by atoms with E-state index in [1.165, 1.54) is 4.83 Å². The highest BCUT2D eigenvalue weighted by atomic mass is 32.1. The van der Waals surface area contributed by atoms with E-state index in [-0.39, 0.29) is 5.04 Å².